The van der Waals surface area contributed by atoms with Crippen molar-refractivity contribution in [3.05, 3.63) is 61.8 Å². The summed E-state index contributed by atoms with van der Waals surface area (Å²) in [6.07, 6.45) is 11.4. The van der Waals surface area contributed by atoms with Crippen LogP contribution in [-0.2, 0) is 19.1 Å². The lowest BCUT2D eigenvalue weighted by atomic mass is 9.94. The van der Waals surface area contributed by atoms with E-state index >= 15 is 0 Å². The maximum atomic E-state index is 11.6. The summed E-state index contributed by atoms with van der Waals surface area (Å²) in [4.78, 5) is 23.2. The van der Waals surface area contributed by atoms with Gasteiger partial charge >= 0.3 is 11.9 Å². The zero-order valence-electron chi connectivity index (χ0n) is 12.7. The molecular formula is C17H22O4. The second kappa shape index (κ2) is 9.53. The fourth-order valence-electron chi connectivity index (χ4n) is 1.74. The van der Waals surface area contributed by atoms with Crippen molar-refractivity contribution >= 4 is 11.9 Å². The molecule has 0 bridgehead atoms. The molecule has 21 heavy (non-hydrogen) atoms. The van der Waals surface area contributed by atoms with Crippen molar-refractivity contribution in [1.82, 2.24) is 0 Å². The summed E-state index contributed by atoms with van der Waals surface area (Å²) in [5, 5.41) is 0. The molecule has 0 N–H and O–H groups in total. The first-order valence-electron chi connectivity index (χ1n) is 6.58. The van der Waals surface area contributed by atoms with Crippen LogP contribution in [0, 0.1) is 0 Å². The molecule has 1 unspecified atom stereocenters. The minimum absolute atomic E-state index is 0.605. The zero-order valence-corrected chi connectivity index (χ0v) is 12.7. The molecule has 1 atom stereocenters. The highest BCUT2D eigenvalue weighted by atomic mass is 16.6. The van der Waals surface area contributed by atoms with Crippen molar-refractivity contribution in [3.63, 3.8) is 0 Å². The minimum Gasteiger partial charge on any atom is -0.450 e. The summed E-state index contributed by atoms with van der Waals surface area (Å²) in [5.74, 6) is -1.22. The van der Waals surface area contributed by atoms with Crippen LogP contribution >= 0.6 is 0 Å². The second-order valence-corrected chi connectivity index (χ2v) is 4.07. The van der Waals surface area contributed by atoms with Gasteiger partial charge in [-0.15, -0.1) is 0 Å². The van der Waals surface area contributed by atoms with E-state index in [0.29, 0.717) is 0 Å². The fourth-order valence-corrected chi connectivity index (χ4v) is 1.74. The van der Waals surface area contributed by atoms with Gasteiger partial charge in [-0.05, 0) is 39.0 Å². The number of ether oxygens (including phenoxy) is 2. The van der Waals surface area contributed by atoms with Gasteiger partial charge in [0.15, 0.2) is 11.7 Å². The van der Waals surface area contributed by atoms with Gasteiger partial charge in [0.05, 0.1) is 0 Å². The summed E-state index contributed by atoms with van der Waals surface area (Å²) in [5.41, 5.74) is -1.24. The van der Waals surface area contributed by atoms with Gasteiger partial charge in [0.2, 0.25) is 0 Å². The summed E-state index contributed by atoms with van der Waals surface area (Å²) >= 11 is 0. The van der Waals surface area contributed by atoms with Gasteiger partial charge in [0.25, 0.3) is 0 Å². The molecule has 114 valence electrons. The highest BCUT2D eigenvalue weighted by molar-refractivity contribution is 5.83. The van der Waals surface area contributed by atoms with Crippen molar-refractivity contribution < 1.29 is 19.1 Å². The first-order chi connectivity index (χ1) is 9.99. The third-order valence-electron chi connectivity index (χ3n) is 2.52. The Hall–Kier alpha value is -2.36. The van der Waals surface area contributed by atoms with Crippen molar-refractivity contribution in [2.45, 2.75) is 32.5 Å². The molecule has 0 saturated heterocycles. The van der Waals surface area contributed by atoms with E-state index in [4.69, 9.17) is 9.47 Å². The third kappa shape index (κ3) is 5.65. The fraction of sp³-hybridized carbons (Fsp3) is 0.294. The normalized spacial score (nSPS) is 15.8. The SMILES string of the molecule is C=CC(=O)OC(C=CC)C(C=CC)(C=CC)OC(=O)C=C. The molecular weight excluding hydrogens is 268 g/mol. The molecule has 0 fully saturated rings. The van der Waals surface area contributed by atoms with Crippen LogP contribution in [-0.4, -0.2) is 23.6 Å². The van der Waals surface area contributed by atoms with Crippen LogP contribution in [0.15, 0.2) is 61.8 Å². The van der Waals surface area contributed by atoms with Crippen LogP contribution in [0.4, 0.5) is 0 Å². The van der Waals surface area contributed by atoms with Gasteiger partial charge in [-0.25, -0.2) is 9.59 Å². The average Bonchev–Trinajstić information content (AvgIpc) is 2.46. The Morgan fingerprint density at radius 2 is 1.48 bits per heavy atom. The van der Waals surface area contributed by atoms with Crippen LogP contribution in [0.25, 0.3) is 0 Å². The zero-order chi connectivity index (χ0) is 16.3. The Morgan fingerprint density at radius 1 is 0.952 bits per heavy atom. The summed E-state index contributed by atoms with van der Waals surface area (Å²) in [6.45, 7) is 12.1. The number of esters is 2. The quantitative estimate of drug-likeness (QED) is 0.391. The number of carbonyl (C=O) groups excluding carboxylic acids is 2. The second-order valence-electron chi connectivity index (χ2n) is 4.07. The van der Waals surface area contributed by atoms with E-state index in [2.05, 4.69) is 13.2 Å². The molecule has 0 saturated carbocycles. The molecule has 0 aliphatic carbocycles. The summed E-state index contributed by atoms with van der Waals surface area (Å²) in [7, 11) is 0. The first-order valence-corrected chi connectivity index (χ1v) is 6.58. The maximum absolute atomic E-state index is 11.6. The molecule has 0 aromatic heterocycles. The van der Waals surface area contributed by atoms with Crippen LogP contribution in [0.3, 0.4) is 0 Å². The van der Waals surface area contributed by atoms with Crippen LogP contribution in [0.2, 0.25) is 0 Å². The van der Waals surface area contributed by atoms with Gasteiger partial charge in [0.1, 0.15) is 0 Å². The molecule has 0 heterocycles. The van der Waals surface area contributed by atoms with E-state index in [0.717, 1.165) is 12.2 Å². The van der Waals surface area contributed by atoms with Crippen molar-refractivity contribution in [2.75, 3.05) is 0 Å². The third-order valence-corrected chi connectivity index (χ3v) is 2.52. The standard InChI is InChI=1S/C17H22O4/c1-6-11-14(20-15(18)9-4)17(12-7-2,13-8-3)21-16(19)10-5/h6-14H,4-5H2,1-3H3. The van der Waals surface area contributed by atoms with E-state index in [-0.39, 0.29) is 0 Å². The summed E-state index contributed by atoms with van der Waals surface area (Å²) < 4.78 is 10.7. The molecule has 0 spiro atoms. The molecule has 0 radical (unpaired) electrons. The lowest BCUT2D eigenvalue weighted by Gasteiger charge is -2.33. The molecule has 4 heteroatoms. The van der Waals surface area contributed by atoms with Crippen molar-refractivity contribution in [2.24, 2.45) is 0 Å². The highest BCUT2D eigenvalue weighted by Crippen LogP contribution is 2.26. The van der Waals surface area contributed by atoms with E-state index in [9.17, 15) is 9.59 Å². The van der Waals surface area contributed by atoms with Crippen LogP contribution in [0.1, 0.15) is 20.8 Å². The Labute approximate surface area is 126 Å². The summed E-state index contributed by atoms with van der Waals surface area (Å²) in [6, 6.07) is 0. The number of carbonyl (C=O) groups is 2. The monoisotopic (exact) mass is 290 g/mol. The molecule has 0 rings (SSSR count). The molecule has 4 nitrogen and oxygen atoms in total. The number of rotatable bonds is 8. The Balaban J connectivity index is 5.85. The number of hydrogen-bond donors (Lipinski definition) is 0. The molecule has 0 amide bonds. The van der Waals surface area contributed by atoms with E-state index in [1.165, 1.54) is 0 Å². The topological polar surface area (TPSA) is 52.6 Å². The van der Waals surface area contributed by atoms with Crippen molar-refractivity contribution in [3.8, 4) is 0 Å². The molecule has 0 aliphatic heterocycles. The van der Waals surface area contributed by atoms with E-state index in [1.807, 2.05) is 0 Å². The molecule has 0 aromatic rings. The largest absolute Gasteiger partial charge is 0.450 e. The van der Waals surface area contributed by atoms with Gasteiger partial charge in [-0.1, -0.05) is 31.4 Å². The Kier molecular flexibility index (Phi) is 8.46. The number of allylic oxidation sites excluding steroid dienone is 3. The number of hydrogen-bond acceptors (Lipinski definition) is 4. The Morgan fingerprint density at radius 3 is 1.86 bits per heavy atom. The first kappa shape index (κ1) is 18.6. The van der Waals surface area contributed by atoms with Gasteiger partial charge < -0.3 is 9.47 Å². The predicted molar refractivity (Wildman–Crippen MR) is 83.5 cm³/mol. The Bertz CT molecular complexity index is 457. The van der Waals surface area contributed by atoms with E-state index < -0.39 is 23.6 Å². The smallest absolute Gasteiger partial charge is 0.331 e. The average molecular weight is 290 g/mol. The van der Waals surface area contributed by atoms with Crippen LogP contribution in [0.5, 0.6) is 0 Å². The van der Waals surface area contributed by atoms with Gasteiger partial charge in [0, 0.05) is 12.2 Å². The minimum atomic E-state index is -1.24. The predicted octanol–water partition coefficient (Wildman–Crippen LogP) is 3.28. The van der Waals surface area contributed by atoms with Gasteiger partial charge in [-0.2, -0.15) is 0 Å². The van der Waals surface area contributed by atoms with E-state index in [1.54, 1.807) is 57.2 Å². The van der Waals surface area contributed by atoms with Crippen molar-refractivity contribution in [1.29, 1.82) is 0 Å². The lowest BCUT2D eigenvalue weighted by molar-refractivity contribution is -0.162. The van der Waals surface area contributed by atoms with Gasteiger partial charge in [-0.3, -0.25) is 0 Å². The van der Waals surface area contributed by atoms with Crippen LogP contribution < -0.4 is 0 Å². The molecule has 0 aliphatic rings. The highest BCUT2D eigenvalue weighted by Gasteiger charge is 2.38. The molecule has 0 aromatic carbocycles. The lowest BCUT2D eigenvalue weighted by Crippen LogP contribution is -2.44. The maximum Gasteiger partial charge on any atom is 0.331 e.